The van der Waals surface area contributed by atoms with Gasteiger partial charge in [-0.2, -0.15) is 0 Å². The Morgan fingerprint density at radius 3 is 2.74 bits per heavy atom. The fourth-order valence-corrected chi connectivity index (χ4v) is 2.81. The standard InChI is InChI=1S/C17H15F2NO3/c18-13-6-11-8-20(4-3-14(11)15(19)7-13)17(23)10-1-2-16(22)12(5-10)9-21/h1-2,5-7,21-22H,3-4,8-9H2. The highest BCUT2D eigenvalue weighted by molar-refractivity contribution is 5.94. The van der Waals surface area contributed by atoms with E-state index in [1.807, 2.05) is 0 Å². The van der Waals surface area contributed by atoms with E-state index in [1.54, 1.807) is 0 Å². The van der Waals surface area contributed by atoms with Crippen LogP contribution in [0, 0.1) is 11.6 Å². The van der Waals surface area contributed by atoms with Crippen LogP contribution in [0.1, 0.15) is 27.0 Å². The number of rotatable bonds is 2. The molecule has 0 aromatic heterocycles. The van der Waals surface area contributed by atoms with Gasteiger partial charge in [0.1, 0.15) is 17.4 Å². The third-order valence-electron chi connectivity index (χ3n) is 4.03. The molecule has 120 valence electrons. The molecular weight excluding hydrogens is 304 g/mol. The largest absolute Gasteiger partial charge is 0.508 e. The molecule has 0 spiro atoms. The lowest BCUT2D eigenvalue weighted by molar-refractivity contribution is 0.0733. The van der Waals surface area contributed by atoms with Crippen molar-refractivity contribution in [3.63, 3.8) is 0 Å². The second-order valence-electron chi connectivity index (χ2n) is 5.50. The molecule has 6 heteroatoms. The van der Waals surface area contributed by atoms with E-state index in [2.05, 4.69) is 0 Å². The zero-order valence-corrected chi connectivity index (χ0v) is 12.2. The minimum absolute atomic E-state index is 0.0859. The molecule has 0 fully saturated rings. The second kappa shape index (κ2) is 5.96. The van der Waals surface area contributed by atoms with Crippen LogP contribution in [-0.2, 0) is 19.6 Å². The fourth-order valence-electron chi connectivity index (χ4n) is 2.81. The van der Waals surface area contributed by atoms with Crippen molar-refractivity contribution in [2.24, 2.45) is 0 Å². The van der Waals surface area contributed by atoms with E-state index in [-0.39, 0.29) is 30.4 Å². The lowest BCUT2D eigenvalue weighted by Gasteiger charge is -2.29. The summed E-state index contributed by atoms with van der Waals surface area (Å²) in [5.74, 6) is -1.64. The predicted molar refractivity (Wildman–Crippen MR) is 78.8 cm³/mol. The van der Waals surface area contributed by atoms with E-state index >= 15 is 0 Å². The molecule has 1 heterocycles. The van der Waals surface area contributed by atoms with Gasteiger partial charge in [-0.05, 0) is 41.8 Å². The summed E-state index contributed by atoms with van der Waals surface area (Å²) in [6, 6.07) is 6.31. The molecular formula is C17H15F2NO3. The number of fused-ring (bicyclic) bond motifs is 1. The Morgan fingerprint density at radius 1 is 1.22 bits per heavy atom. The molecule has 0 unspecified atom stereocenters. The summed E-state index contributed by atoms with van der Waals surface area (Å²) in [5, 5.41) is 18.7. The molecule has 1 aliphatic heterocycles. The van der Waals surface area contributed by atoms with Gasteiger partial charge in [0, 0.05) is 30.3 Å². The number of halogens is 2. The van der Waals surface area contributed by atoms with Gasteiger partial charge in [-0.25, -0.2) is 8.78 Å². The lowest BCUT2D eigenvalue weighted by atomic mass is 9.98. The molecule has 1 aliphatic rings. The molecule has 0 saturated heterocycles. The molecule has 0 bridgehead atoms. The Morgan fingerprint density at radius 2 is 2.00 bits per heavy atom. The van der Waals surface area contributed by atoms with Crippen molar-refractivity contribution in [2.75, 3.05) is 6.54 Å². The van der Waals surface area contributed by atoms with Crippen LogP contribution in [0.15, 0.2) is 30.3 Å². The van der Waals surface area contributed by atoms with Crippen LogP contribution in [-0.4, -0.2) is 27.6 Å². The van der Waals surface area contributed by atoms with Crippen molar-refractivity contribution in [2.45, 2.75) is 19.6 Å². The molecule has 2 N–H and O–H groups in total. The van der Waals surface area contributed by atoms with E-state index in [0.717, 1.165) is 6.07 Å². The third-order valence-corrected chi connectivity index (χ3v) is 4.03. The monoisotopic (exact) mass is 319 g/mol. The number of carbonyl (C=O) groups is 1. The first-order valence-electron chi connectivity index (χ1n) is 7.18. The summed E-state index contributed by atoms with van der Waals surface area (Å²) in [5.41, 5.74) is 1.47. The maximum absolute atomic E-state index is 13.7. The van der Waals surface area contributed by atoms with Crippen molar-refractivity contribution in [1.29, 1.82) is 0 Å². The average molecular weight is 319 g/mol. The summed E-state index contributed by atoms with van der Waals surface area (Å²) >= 11 is 0. The van der Waals surface area contributed by atoms with Gasteiger partial charge in [-0.3, -0.25) is 4.79 Å². The number of aliphatic hydroxyl groups is 1. The normalized spacial score (nSPS) is 13.8. The summed E-state index contributed by atoms with van der Waals surface area (Å²) in [4.78, 5) is 14.0. The van der Waals surface area contributed by atoms with Crippen LogP contribution in [0.3, 0.4) is 0 Å². The van der Waals surface area contributed by atoms with E-state index < -0.39 is 11.6 Å². The van der Waals surface area contributed by atoms with Crippen molar-refractivity contribution in [1.82, 2.24) is 4.90 Å². The Balaban J connectivity index is 1.87. The molecule has 3 rings (SSSR count). The van der Waals surface area contributed by atoms with Gasteiger partial charge in [0.15, 0.2) is 0 Å². The Labute approximate surface area is 131 Å². The summed E-state index contributed by atoms with van der Waals surface area (Å²) in [6.07, 6.45) is 0.318. The fraction of sp³-hybridized carbons (Fsp3) is 0.235. The van der Waals surface area contributed by atoms with Crippen molar-refractivity contribution in [3.05, 3.63) is 64.2 Å². The van der Waals surface area contributed by atoms with Crippen molar-refractivity contribution in [3.8, 4) is 5.75 Å². The van der Waals surface area contributed by atoms with Gasteiger partial charge in [0.05, 0.1) is 6.61 Å². The van der Waals surface area contributed by atoms with Crippen molar-refractivity contribution < 1.29 is 23.8 Å². The second-order valence-corrected chi connectivity index (χ2v) is 5.50. The number of nitrogens with zero attached hydrogens (tertiary/aromatic N) is 1. The number of aliphatic hydroxyl groups excluding tert-OH is 1. The van der Waals surface area contributed by atoms with Gasteiger partial charge >= 0.3 is 0 Å². The molecule has 0 saturated carbocycles. The first kappa shape index (κ1) is 15.4. The molecule has 1 amide bonds. The molecule has 2 aromatic rings. The Bertz CT molecular complexity index is 777. The number of benzene rings is 2. The van der Waals surface area contributed by atoms with Crippen LogP contribution in [0.5, 0.6) is 5.75 Å². The number of amides is 1. The smallest absolute Gasteiger partial charge is 0.254 e. The van der Waals surface area contributed by atoms with Gasteiger partial charge in [-0.15, -0.1) is 0 Å². The molecule has 4 nitrogen and oxygen atoms in total. The average Bonchev–Trinajstić information content (AvgIpc) is 2.54. The SMILES string of the molecule is O=C(c1ccc(O)c(CO)c1)N1CCc2c(F)cc(F)cc2C1. The zero-order valence-electron chi connectivity index (χ0n) is 12.2. The number of phenols is 1. The number of aromatic hydroxyl groups is 1. The zero-order chi connectivity index (χ0) is 16.6. The summed E-state index contributed by atoms with van der Waals surface area (Å²) in [6.45, 7) is 0.0636. The molecule has 0 atom stereocenters. The lowest BCUT2D eigenvalue weighted by Crippen LogP contribution is -2.36. The molecule has 23 heavy (non-hydrogen) atoms. The topological polar surface area (TPSA) is 60.8 Å². The van der Waals surface area contributed by atoms with E-state index in [0.29, 0.717) is 29.7 Å². The van der Waals surface area contributed by atoms with Crippen molar-refractivity contribution >= 4 is 5.91 Å². The van der Waals surface area contributed by atoms with Gasteiger partial charge in [-0.1, -0.05) is 0 Å². The number of carbonyl (C=O) groups excluding carboxylic acids is 1. The molecule has 2 aromatic carbocycles. The van der Waals surface area contributed by atoms with Crippen LogP contribution >= 0.6 is 0 Å². The molecule has 0 aliphatic carbocycles. The quantitative estimate of drug-likeness (QED) is 0.893. The maximum Gasteiger partial charge on any atom is 0.254 e. The highest BCUT2D eigenvalue weighted by Gasteiger charge is 2.24. The Hall–Kier alpha value is -2.47. The summed E-state index contributed by atoms with van der Waals surface area (Å²) < 4.78 is 27.1. The van der Waals surface area contributed by atoms with E-state index in [1.165, 1.54) is 29.2 Å². The number of hydrogen-bond donors (Lipinski definition) is 2. The predicted octanol–water partition coefficient (Wildman–Crippen LogP) is 2.36. The minimum Gasteiger partial charge on any atom is -0.508 e. The first-order chi connectivity index (χ1) is 11.0. The van der Waals surface area contributed by atoms with Crippen LogP contribution in [0.4, 0.5) is 8.78 Å². The van der Waals surface area contributed by atoms with Gasteiger partial charge < -0.3 is 15.1 Å². The van der Waals surface area contributed by atoms with Gasteiger partial charge in [0.25, 0.3) is 5.91 Å². The van der Waals surface area contributed by atoms with Crippen LogP contribution in [0.2, 0.25) is 0 Å². The van der Waals surface area contributed by atoms with Crippen LogP contribution in [0.25, 0.3) is 0 Å². The van der Waals surface area contributed by atoms with Gasteiger partial charge in [0.2, 0.25) is 0 Å². The first-order valence-corrected chi connectivity index (χ1v) is 7.18. The number of hydrogen-bond acceptors (Lipinski definition) is 3. The van der Waals surface area contributed by atoms with E-state index in [9.17, 15) is 18.7 Å². The third kappa shape index (κ3) is 2.90. The highest BCUT2D eigenvalue weighted by Crippen LogP contribution is 2.25. The van der Waals surface area contributed by atoms with E-state index in [4.69, 9.17) is 5.11 Å². The van der Waals surface area contributed by atoms with Crippen LogP contribution < -0.4 is 0 Å². The minimum atomic E-state index is -0.664. The maximum atomic E-state index is 13.7. The highest BCUT2D eigenvalue weighted by atomic mass is 19.1. The Kier molecular flexibility index (Phi) is 4.00. The molecule has 0 radical (unpaired) electrons. The summed E-state index contributed by atoms with van der Waals surface area (Å²) in [7, 11) is 0.